The Morgan fingerprint density at radius 3 is 2.21 bits per heavy atom. The van der Waals surface area contributed by atoms with Gasteiger partial charge in [0.15, 0.2) is 0 Å². The van der Waals surface area contributed by atoms with Crippen molar-refractivity contribution >= 4 is 5.78 Å². The van der Waals surface area contributed by atoms with Gasteiger partial charge in [-0.25, -0.2) is 0 Å². The quantitative estimate of drug-likeness (QED) is 0.583. The Hall–Kier alpha value is -0.540. The summed E-state index contributed by atoms with van der Waals surface area (Å²) >= 11 is 0. The molecule has 0 aromatic carbocycles. The molecule has 0 aromatic rings. The maximum atomic E-state index is 11.7. The van der Waals surface area contributed by atoms with Crippen molar-refractivity contribution in [3.63, 3.8) is 0 Å². The standard InChI is InChI=1S/C10H17F3O/c1-2-3-4-5-6-9(14)7-8-10(11,12)13/h2-8H2,1H3. The van der Waals surface area contributed by atoms with Gasteiger partial charge in [0.25, 0.3) is 0 Å². The van der Waals surface area contributed by atoms with E-state index in [1.165, 1.54) is 0 Å². The van der Waals surface area contributed by atoms with Gasteiger partial charge < -0.3 is 0 Å². The SMILES string of the molecule is CCCCCCC(=O)CCC(F)(F)F. The minimum absolute atomic E-state index is 0.265. The monoisotopic (exact) mass is 210 g/mol. The van der Waals surface area contributed by atoms with Gasteiger partial charge in [-0.2, -0.15) is 13.2 Å². The third-order valence-electron chi connectivity index (χ3n) is 2.00. The van der Waals surface area contributed by atoms with E-state index in [2.05, 4.69) is 0 Å². The number of halogens is 3. The van der Waals surface area contributed by atoms with E-state index in [0.29, 0.717) is 6.42 Å². The highest BCUT2D eigenvalue weighted by molar-refractivity contribution is 5.78. The van der Waals surface area contributed by atoms with Crippen LogP contribution in [0.5, 0.6) is 0 Å². The zero-order valence-electron chi connectivity index (χ0n) is 8.49. The summed E-state index contributed by atoms with van der Waals surface area (Å²) in [6.07, 6.45) is -1.44. The lowest BCUT2D eigenvalue weighted by atomic mass is 10.1. The minimum Gasteiger partial charge on any atom is -0.300 e. The van der Waals surface area contributed by atoms with Crippen LogP contribution in [0.4, 0.5) is 13.2 Å². The molecule has 0 aromatic heterocycles. The molecule has 0 amide bonds. The molecule has 0 N–H and O–H groups in total. The summed E-state index contributed by atoms with van der Waals surface area (Å²) in [6.45, 7) is 2.05. The van der Waals surface area contributed by atoms with Crippen molar-refractivity contribution in [3.05, 3.63) is 0 Å². The topological polar surface area (TPSA) is 17.1 Å². The number of hydrogen-bond donors (Lipinski definition) is 0. The molecule has 0 aliphatic rings. The Bertz CT molecular complexity index is 163. The van der Waals surface area contributed by atoms with E-state index < -0.39 is 12.6 Å². The fourth-order valence-electron chi connectivity index (χ4n) is 1.16. The van der Waals surface area contributed by atoms with Crippen LogP contribution in [-0.2, 0) is 4.79 Å². The van der Waals surface area contributed by atoms with Gasteiger partial charge in [0.1, 0.15) is 5.78 Å². The molecule has 0 radical (unpaired) electrons. The van der Waals surface area contributed by atoms with Gasteiger partial charge >= 0.3 is 6.18 Å². The van der Waals surface area contributed by atoms with Gasteiger partial charge in [-0.15, -0.1) is 0 Å². The van der Waals surface area contributed by atoms with Crippen LogP contribution in [-0.4, -0.2) is 12.0 Å². The Morgan fingerprint density at radius 2 is 1.71 bits per heavy atom. The number of carbonyl (C=O) groups is 1. The van der Waals surface area contributed by atoms with Crippen molar-refractivity contribution in [3.8, 4) is 0 Å². The zero-order valence-corrected chi connectivity index (χ0v) is 8.49. The number of Topliss-reactive ketones (excluding diaryl/α,β-unsaturated/α-hetero) is 1. The highest BCUT2D eigenvalue weighted by Crippen LogP contribution is 2.22. The number of carbonyl (C=O) groups excluding carboxylic acids is 1. The number of hydrogen-bond acceptors (Lipinski definition) is 1. The summed E-state index contributed by atoms with van der Waals surface area (Å²) < 4.78 is 35.1. The molecule has 84 valence electrons. The maximum absolute atomic E-state index is 11.7. The molecule has 4 heteroatoms. The Kier molecular flexibility index (Phi) is 6.58. The Morgan fingerprint density at radius 1 is 1.07 bits per heavy atom. The molecule has 0 unspecified atom stereocenters. The predicted molar refractivity (Wildman–Crippen MR) is 49.1 cm³/mol. The van der Waals surface area contributed by atoms with E-state index in [1.54, 1.807) is 0 Å². The average Bonchev–Trinajstić information content (AvgIpc) is 2.08. The predicted octanol–water partition coefficient (Wildman–Crippen LogP) is 3.87. The lowest BCUT2D eigenvalue weighted by Crippen LogP contribution is -2.10. The molecule has 0 saturated carbocycles. The van der Waals surface area contributed by atoms with Crippen molar-refractivity contribution < 1.29 is 18.0 Å². The summed E-state index contributed by atoms with van der Waals surface area (Å²) in [5.41, 5.74) is 0. The van der Waals surface area contributed by atoms with Crippen LogP contribution >= 0.6 is 0 Å². The van der Waals surface area contributed by atoms with Gasteiger partial charge in [-0.3, -0.25) is 4.79 Å². The van der Waals surface area contributed by atoms with Gasteiger partial charge in [0, 0.05) is 12.8 Å². The van der Waals surface area contributed by atoms with E-state index in [-0.39, 0.29) is 12.2 Å². The fraction of sp³-hybridized carbons (Fsp3) is 0.900. The average molecular weight is 210 g/mol. The third kappa shape index (κ3) is 9.55. The van der Waals surface area contributed by atoms with Crippen LogP contribution in [0.3, 0.4) is 0 Å². The zero-order chi connectivity index (χ0) is 11.0. The van der Waals surface area contributed by atoms with Crippen molar-refractivity contribution in [1.29, 1.82) is 0 Å². The molecule has 0 heterocycles. The molecule has 0 bridgehead atoms. The first kappa shape index (κ1) is 13.5. The van der Waals surface area contributed by atoms with E-state index in [0.717, 1.165) is 25.7 Å². The second-order valence-corrected chi connectivity index (χ2v) is 3.46. The molecule has 0 fully saturated rings. The van der Waals surface area contributed by atoms with Crippen molar-refractivity contribution in [1.82, 2.24) is 0 Å². The first-order chi connectivity index (χ1) is 6.45. The first-order valence-corrected chi connectivity index (χ1v) is 5.04. The van der Waals surface area contributed by atoms with E-state index in [9.17, 15) is 18.0 Å². The van der Waals surface area contributed by atoms with Crippen molar-refractivity contribution in [2.24, 2.45) is 0 Å². The summed E-state index contributed by atoms with van der Waals surface area (Å²) in [5, 5.41) is 0. The van der Waals surface area contributed by atoms with Gasteiger partial charge in [0.05, 0.1) is 6.42 Å². The molecular formula is C10H17F3O. The lowest BCUT2D eigenvalue weighted by molar-refractivity contribution is -0.143. The smallest absolute Gasteiger partial charge is 0.300 e. The second-order valence-electron chi connectivity index (χ2n) is 3.46. The number of alkyl halides is 3. The minimum atomic E-state index is -4.20. The normalized spacial score (nSPS) is 11.7. The van der Waals surface area contributed by atoms with E-state index >= 15 is 0 Å². The molecule has 0 rings (SSSR count). The van der Waals surface area contributed by atoms with Crippen LogP contribution in [0.15, 0.2) is 0 Å². The number of rotatable bonds is 7. The highest BCUT2D eigenvalue weighted by Gasteiger charge is 2.27. The first-order valence-electron chi connectivity index (χ1n) is 5.04. The molecule has 0 spiro atoms. The number of unbranched alkanes of at least 4 members (excludes halogenated alkanes) is 3. The van der Waals surface area contributed by atoms with Crippen LogP contribution in [0.1, 0.15) is 51.9 Å². The molecule has 0 saturated heterocycles. The van der Waals surface area contributed by atoms with E-state index in [4.69, 9.17) is 0 Å². The molecule has 14 heavy (non-hydrogen) atoms. The van der Waals surface area contributed by atoms with Gasteiger partial charge in [0.2, 0.25) is 0 Å². The van der Waals surface area contributed by atoms with Gasteiger partial charge in [-0.1, -0.05) is 26.2 Å². The Labute approximate surface area is 82.7 Å². The van der Waals surface area contributed by atoms with Crippen LogP contribution in [0.2, 0.25) is 0 Å². The number of ketones is 1. The lowest BCUT2D eigenvalue weighted by Gasteiger charge is -2.04. The fourth-order valence-corrected chi connectivity index (χ4v) is 1.16. The van der Waals surface area contributed by atoms with Crippen molar-refractivity contribution in [2.45, 2.75) is 58.0 Å². The summed E-state index contributed by atoms with van der Waals surface area (Å²) in [5.74, 6) is -0.265. The summed E-state index contributed by atoms with van der Waals surface area (Å²) in [7, 11) is 0. The maximum Gasteiger partial charge on any atom is 0.389 e. The summed E-state index contributed by atoms with van der Waals surface area (Å²) in [4.78, 5) is 11.0. The van der Waals surface area contributed by atoms with Gasteiger partial charge in [-0.05, 0) is 6.42 Å². The molecule has 1 nitrogen and oxygen atoms in total. The third-order valence-corrected chi connectivity index (χ3v) is 2.00. The van der Waals surface area contributed by atoms with Crippen LogP contribution in [0.25, 0.3) is 0 Å². The van der Waals surface area contributed by atoms with Crippen LogP contribution in [0, 0.1) is 0 Å². The summed E-state index contributed by atoms with van der Waals surface area (Å²) in [6, 6.07) is 0. The second kappa shape index (κ2) is 6.85. The highest BCUT2D eigenvalue weighted by atomic mass is 19.4. The molecule has 0 aliphatic heterocycles. The van der Waals surface area contributed by atoms with Crippen molar-refractivity contribution in [2.75, 3.05) is 0 Å². The largest absolute Gasteiger partial charge is 0.389 e. The molecular weight excluding hydrogens is 193 g/mol. The molecule has 0 aliphatic carbocycles. The Balaban J connectivity index is 3.38. The molecule has 0 atom stereocenters. The van der Waals surface area contributed by atoms with E-state index in [1.807, 2.05) is 6.92 Å². The van der Waals surface area contributed by atoms with Crippen LogP contribution < -0.4 is 0 Å².